The fourth-order valence-corrected chi connectivity index (χ4v) is 2.37. The number of amides is 1. The molecule has 0 aliphatic carbocycles. The maximum Gasteiger partial charge on any atom is 0.406 e. The number of likely N-dealkylation sites (N-methyl/N-ethyl adjacent to an activating group) is 1. The van der Waals surface area contributed by atoms with E-state index in [0.29, 0.717) is 5.82 Å². The van der Waals surface area contributed by atoms with Crippen molar-refractivity contribution < 1.29 is 18.0 Å². The van der Waals surface area contributed by atoms with Gasteiger partial charge < -0.3 is 9.80 Å². The zero-order chi connectivity index (χ0) is 15.6. The minimum absolute atomic E-state index is 0.0437. The summed E-state index contributed by atoms with van der Waals surface area (Å²) >= 11 is 0. The molecule has 1 amide bonds. The molecule has 1 aliphatic rings. The normalized spacial score (nSPS) is 18.7. The Morgan fingerprint density at radius 3 is 2.90 bits per heavy atom. The Labute approximate surface area is 119 Å². The number of hydrogen-bond acceptors (Lipinski definition) is 4. The standard InChI is InChI=1S/C13H13F3N4O/c1-19(11-9(7-17)3-2-5-18-11)10-4-6-20(12(10)21)8-13(14,15)16/h2-3,5,10H,4,6,8H2,1H3. The third kappa shape index (κ3) is 3.24. The van der Waals surface area contributed by atoms with Crippen LogP contribution in [0.2, 0.25) is 0 Å². The summed E-state index contributed by atoms with van der Waals surface area (Å²) in [5.74, 6) is -0.295. The Kier molecular flexibility index (Phi) is 4.02. The van der Waals surface area contributed by atoms with Crippen LogP contribution in [0.1, 0.15) is 12.0 Å². The molecule has 2 heterocycles. The Morgan fingerprint density at radius 2 is 2.29 bits per heavy atom. The van der Waals surface area contributed by atoms with Gasteiger partial charge in [-0.2, -0.15) is 18.4 Å². The highest BCUT2D eigenvalue weighted by Crippen LogP contribution is 2.26. The number of nitrogens with zero attached hydrogens (tertiary/aromatic N) is 4. The monoisotopic (exact) mass is 298 g/mol. The molecule has 0 saturated carbocycles. The fourth-order valence-electron chi connectivity index (χ4n) is 2.37. The van der Waals surface area contributed by atoms with Gasteiger partial charge in [0.2, 0.25) is 5.91 Å². The first kappa shape index (κ1) is 15.1. The van der Waals surface area contributed by atoms with E-state index in [1.54, 1.807) is 19.2 Å². The van der Waals surface area contributed by atoms with E-state index in [4.69, 9.17) is 5.26 Å². The van der Waals surface area contributed by atoms with E-state index in [2.05, 4.69) is 4.98 Å². The molecule has 0 radical (unpaired) electrons. The molecule has 0 spiro atoms. The molecule has 0 N–H and O–H groups in total. The van der Waals surface area contributed by atoms with Crippen LogP contribution in [0, 0.1) is 11.3 Å². The van der Waals surface area contributed by atoms with Crippen LogP contribution in [0.25, 0.3) is 0 Å². The van der Waals surface area contributed by atoms with Crippen molar-refractivity contribution in [3.05, 3.63) is 23.9 Å². The van der Waals surface area contributed by atoms with Gasteiger partial charge in [0.05, 0.1) is 5.56 Å². The first-order valence-electron chi connectivity index (χ1n) is 6.27. The van der Waals surface area contributed by atoms with E-state index >= 15 is 0 Å². The van der Waals surface area contributed by atoms with Crippen molar-refractivity contribution in [3.63, 3.8) is 0 Å². The highest BCUT2D eigenvalue weighted by atomic mass is 19.4. The van der Waals surface area contributed by atoms with Gasteiger partial charge in [-0.25, -0.2) is 4.98 Å². The molecule has 0 aromatic carbocycles. The van der Waals surface area contributed by atoms with Crippen molar-refractivity contribution >= 4 is 11.7 Å². The minimum atomic E-state index is -4.41. The summed E-state index contributed by atoms with van der Waals surface area (Å²) in [5, 5.41) is 9.02. The number of alkyl halides is 3. The molecular formula is C13H13F3N4O. The number of anilines is 1. The zero-order valence-electron chi connectivity index (χ0n) is 11.3. The average Bonchev–Trinajstić information content (AvgIpc) is 2.77. The van der Waals surface area contributed by atoms with E-state index in [1.807, 2.05) is 6.07 Å². The first-order valence-corrected chi connectivity index (χ1v) is 6.27. The molecule has 1 aliphatic heterocycles. The van der Waals surface area contributed by atoms with Gasteiger partial charge in [-0.1, -0.05) is 0 Å². The molecule has 1 fully saturated rings. The van der Waals surface area contributed by atoms with Crippen LogP contribution in [0.5, 0.6) is 0 Å². The highest BCUT2D eigenvalue weighted by molar-refractivity contribution is 5.87. The van der Waals surface area contributed by atoms with Crippen molar-refractivity contribution in [2.45, 2.75) is 18.6 Å². The van der Waals surface area contributed by atoms with Gasteiger partial charge in [-0.05, 0) is 18.6 Å². The van der Waals surface area contributed by atoms with Gasteiger partial charge in [-0.3, -0.25) is 4.79 Å². The fraction of sp³-hybridized carbons (Fsp3) is 0.462. The van der Waals surface area contributed by atoms with Crippen LogP contribution in [0.4, 0.5) is 19.0 Å². The molecule has 1 saturated heterocycles. The summed E-state index contributed by atoms with van der Waals surface area (Å²) in [7, 11) is 1.56. The maximum atomic E-state index is 12.4. The second-order valence-electron chi connectivity index (χ2n) is 4.78. The van der Waals surface area contributed by atoms with Gasteiger partial charge in [-0.15, -0.1) is 0 Å². The lowest BCUT2D eigenvalue weighted by Gasteiger charge is -2.25. The second-order valence-corrected chi connectivity index (χ2v) is 4.78. The number of aromatic nitrogens is 1. The summed E-state index contributed by atoms with van der Waals surface area (Å²) in [6.45, 7) is -1.20. The number of halogens is 3. The smallest absolute Gasteiger partial charge is 0.346 e. The van der Waals surface area contributed by atoms with E-state index in [1.165, 1.54) is 11.1 Å². The minimum Gasteiger partial charge on any atom is -0.346 e. The van der Waals surface area contributed by atoms with Gasteiger partial charge in [0.25, 0.3) is 0 Å². The highest BCUT2D eigenvalue weighted by Gasteiger charge is 2.41. The zero-order valence-corrected chi connectivity index (χ0v) is 11.3. The number of hydrogen-bond donors (Lipinski definition) is 0. The molecule has 8 heteroatoms. The van der Waals surface area contributed by atoms with Gasteiger partial charge in [0.15, 0.2) is 0 Å². The lowest BCUT2D eigenvalue weighted by molar-refractivity contribution is -0.157. The van der Waals surface area contributed by atoms with Crippen molar-refractivity contribution in [1.82, 2.24) is 9.88 Å². The van der Waals surface area contributed by atoms with Gasteiger partial charge >= 0.3 is 6.18 Å². The molecular weight excluding hydrogens is 285 g/mol. The number of likely N-dealkylation sites (tertiary alicyclic amines) is 1. The number of rotatable bonds is 3. The molecule has 1 aromatic heterocycles. The molecule has 5 nitrogen and oxygen atoms in total. The van der Waals surface area contributed by atoms with Crippen molar-refractivity contribution in [1.29, 1.82) is 5.26 Å². The lowest BCUT2D eigenvalue weighted by atomic mass is 10.2. The summed E-state index contributed by atoms with van der Waals surface area (Å²) in [5.41, 5.74) is 0.280. The Balaban J connectivity index is 2.16. The summed E-state index contributed by atoms with van der Waals surface area (Å²) in [4.78, 5) is 18.4. The number of carbonyl (C=O) groups is 1. The first-order chi connectivity index (χ1) is 9.83. The average molecular weight is 298 g/mol. The molecule has 1 unspecified atom stereocenters. The van der Waals surface area contributed by atoms with Crippen LogP contribution in [0.15, 0.2) is 18.3 Å². The molecule has 1 aromatic rings. The number of nitriles is 1. The predicted octanol–water partition coefficient (Wildman–Crippen LogP) is 1.55. The Morgan fingerprint density at radius 1 is 1.57 bits per heavy atom. The molecule has 1 atom stereocenters. The number of carbonyl (C=O) groups excluding carboxylic acids is 1. The van der Waals surface area contributed by atoms with E-state index < -0.39 is 24.7 Å². The van der Waals surface area contributed by atoms with Gasteiger partial charge in [0.1, 0.15) is 24.5 Å². The summed E-state index contributed by atoms with van der Waals surface area (Å²) in [6, 6.07) is 4.36. The topological polar surface area (TPSA) is 60.2 Å². The van der Waals surface area contributed by atoms with E-state index in [-0.39, 0.29) is 18.5 Å². The molecule has 2 rings (SSSR count). The maximum absolute atomic E-state index is 12.4. The molecule has 0 bridgehead atoms. The van der Waals surface area contributed by atoms with Crippen molar-refractivity contribution in [3.8, 4) is 6.07 Å². The molecule has 112 valence electrons. The quantitative estimate of drug-likeness (QED) is 0.849. The number of pyridine rings is 1. The summed E-state index contributed by atoms with van der Waals surface area (Å²) < 4.78 is 37.2. The van der Waals surface area contributed by atoms with Crippen LogP contribution < -0.4 is 4.90 Å². The van der Waals surface area contributed by atoms with Crippen molar-refractivity contribution in [2.75, 3.05) is 25.0 Å². The van der Waals surface area contributed by atoms with E-state index in [0.717, 1.165) is 4.90 Å². The van der Waals surface area contributed by atoms with Crippen LogP contribution in [-0.4, -0.2) is 48.1 Å². The SMILES string of the molecule is CN(c1ncccc1C#N)C1CCN(CC(F)(F)F)C1=O. The van der Waals surface area contributed by atoms with Crippen molar-refractivity contribution in [2.24, 2.45) is 0 Å². The second kappa shape index (κ2) is 5.60. The van der Waals surface area contributed by atoms with E-state index in [9.17, 15) is 18.0 Å². The Hall–Kier alpha value is -2.30. The van der Waals surface area contributed by atoms with Crippen LogP contribution in [-0.2, 0) is 4.79 Å². The summed E-state index contributed by atoms with van der Waals surface area (Å²) in [6.07, 6.45) is -2.67. The largest absolute Gasteiger partial charge is 0.406 e. The third-order valence-corrected chi connectivity index (χ3v) is 3.35. The van der Waals surface area contributed by atoms with Gasteiger partial charge in [0, 0.05) is 19.8 Å². The van der Waals surface area contributed by atoms with Crippen LogP contribution in [0.3, 0.4) is 0 Å². The molecule has 21 heavy (non-hydrogen) atoms. The lowest BCUT2D eigenvalue weighted by Crippen LogP contribution is -2.43. The Bertz CT molecular complexity index is 582. The predicted molar refractivity (Wildman–Crippen MR) is 68.4 cm³/mol. The third-order valence-electron chi connectivity index (χ3n) is 3.35. The van der Waals surface area contributed by atoms with Crippen LogP contribution >= 0.6 is 0 Å².